The smallest absolute Gasteiger partial charge is 0.119 e. The summed E-state index contributed by atoms with van der Waals surface area (Å²) >= 11 is 8.41. The van der Waals surface area contributed by atoms with Crippen LogP contribution in [0.3, 0.4) is 0 Å². The molecule has 282 valence electrons. The zero-order valence-electron chi connectivity index (χ0n) is 30.8. The third-order valence-corrected chi connectivity index (χ3v) is 10.6. The summed E-state index contributed by atoms with van der Waals surface area (Å²) in [4.78, 5) is 0. The molecule has 55 heavy (non-hydrogen) atoms. The van der Waals surface area contributed by atoms with E-state index in [4.69, 9.17) is 35.3 Å². The molecular formula is C46H45ClN2O5S. The summed E-state index contributed by atoms with van der Waals surface area (Å²) in [5.41, 5.74) is 6.87. The second kappa shape index (κ2) is 20.0. The molecule has 1 saturated heterocycles. The highest BCUT2D eigenvalue weighted by molar-refractivity contribution is 7.98. The van der Waals surface area contributed by atoms with Gasteiger partial charge < -0.3 is 23.7 Å². The van der Waals surface area contributed by atoms with Crippen LogP contribution in [0.15, 0.2) is 157 Å². The van der Waals surface area contributed by atoms with Gasteiger partial charge in [0.1, 0.15) is 35.5 Å². The Balaban J connectivity index is 1.25. The summed E-state index contributed by atoms with van der Waals surface area (Å²) in [6, 6.07) is 50.6. The van der Waals surface area contributed by atoms with Gasteiger partial charge in [0.2, 0.25) is 0 Å². The van der Waals surface area contributed by atoms with E-state index in [1.165, 1.54) is 0 Å². The molecule has 1 fully saturated rings. The lowest BCUT2D eigenvalue weighted by molar-refractivity contribution is -0.275. The van der Waals surface area contributed by atoms with Crippen molar-refractivity contribution in [2.75, 3.05) is 12.9 Å². The Morgan fingerprint density at radius 1 is 0.582 bits per heavy atom. The van der Waals surface area contributed by atoms with Crippen LogP contribution in [-0.2, 0) is 56.5 Å². The van der Waals surface area contributed by atoms with Gasteiger partial charge in [-0.25, -0.2) is 0 Å². The molecule has 5 atom stereocenters. The maximum Gasteiger partial charge on any atom is 0.119 e. The van der Waals surface area contributed by atoms with Crippen molar-refractivity contribution in [2.45, 2.75) is 68.4 Å². The lowest BCUT2D eigenvalue weighted by Gasteiger charge is -2.46. The fourth-order valence-electron chi connectivity index (χ4n) is 6.71. The molecule has 0 unspecified atom stereocenters. The topological polar surface area (TPSA) is 71.9 Å². The summed E-state index contributed by atoms with van der Waals surface area (Å²) < 4.78 is 34.3. The van der Waals surface area contributed by atoms with E-state index in [2.05, 4.69) is 64.8 Å². The molecule has 6 aromatic rings. The zero-order chi connectivity index (χ0) is 37.7. The minimum atomic E-state index is -0.565. The molecule has 9 heteroatoms. The highest BCUT2D eigenvalue weighted by Crippen LogP contribution is 2.40. The van der Waals surface area contributed by atoms with Gasteiger partial charge in [0.15, 0.2) is 0 Å². The normalized spacial score (nSPS) is 19.6. The SMILES string of the molecule is CSc1ccc(Cc2cc([C@@H]3O[C@H](COCc4ccccc4)[C@@H](OCc4ccccc4)[C@H](OCc4ccccc4)[C@H]3OCc3ccccc3)ccc2Cl)nn1. The van der Waals surface area contributed by atoms with Gasteiger partial charge in [-0.3, -0.25) is 0 Å². The van der Waals surface area contributed by atoms with Crippen molar-refractivity contribution in [3.05, 3.63) is 196 Å². The van der Waals surface area contributed by atoms with Crippen LogP contribution in [0.25, 0.3) is 0 Å². The Labute approximate surface area is 332 Å². The quantitative estimate of drug-likeness (QED) is 0.0849. The Bertz CT molecular complexity index is 2030. The van der Waals surface area contributed by atoms with E-state index in [0.29, 0.717) is 37.9 Å². The number of nitrogens with zero attached hydrogens (tertiary/aromatic N) is 2. The maximum absolute atomic E-state index is 7.14. The number of rotatable bonds is 17. The summed E-state index contributed by atoms with van der Waals surface area (Å²) in [6.45, 7) is 1.80. The van der Waals surface area contributed by atoms with Gasteiger partial charge in [-0.1, -0.05) is 145 Å². The number of aromatic nitrogens is 2. The van der Waals surface area contributed by atoms with Crippen molar-refractivity contribution in [1.82, 2.24) is 10.2 Å². The maximum atomic E-state index is 7.14. The number of ether oxygens (including phenoxy) is 5. The Morgan fingerprint density at radius 3 is 1.64 bits per heavy atom. The van der Waals surface area contributed by atoms with Gasteiger partial charge in [0.25, 0.3) is 0 Å². The van der Waals surface area contributed by atoms with Gasteiger partial charge in [-0.05, 0) is 57.8 Å². The minimum absolute atomic E-state index is 0.277. The number of halogens is 1. The van der Waals surface area contributed by atoms with Gasteiger partial charge in [-0.15, -0.1) is 16.9 Å². The summed E-state index contributed by atoms with van der Waals surface area (Å²) in [7, 11) is 0. The first kappa shape index (κ1) is 38.9. The Hall–Kier alpha value is -4.38. The average Bonchev–Trinajstić information content (AvgIpc) is 3.24. The molecule has 0 spiro atoms. The number of thioether (sulfide) groups is 1. The molecule has 7 nitrogen and oxygen atoms in total. The molecule has 0 radical (unpaired) electrons. The summed E-state index contributed by atoms with van der Waals surface area (Å²) in [5.74, 6) is 0. The van der Waals surface area contributed by atoms with Crippen molar-refractivity contribution in [3.8, 4) is 0 Å². The monoisotopic (exact) mass is 772 g/mol. The average molecular weight is 773 g/mol. The van der Waals surface area contributed by atoms with E-state index in [1.807, 2.05) is 103 Å². The predicted octanol–water partition coefficient (Wildman–Crippen LogP) is 9.86. The van der Waals surface area contributed by atoms with Crippen molar-refractivity contribution in [2.24, 2.45) is 0 Å². The van der Waals surface area contributed by atoms with E-state index in [1.54, 1.807) is 11.8 Å². The number of hydrogen-bond acceptors (Lipinski definition) is 8. The van der Waals surface area contributed by atoms with Crippen LogP contribution in [0.4, 0.5) is 0 Å². The highest BCUT2D eigenvalue weighted by Gasteiger charge is 2.49. The first-order valence-electron chi connectivity index (χ1n) is 18.5. The van der Waals surface area contributed by atoms with Crippen molar-refractivity contribution in [1.29, 1.82) is 0 Å². The van der Waals surface area contributed by atoms with E-state index in [0.717, 1.165) is 44.1 Å². The van der Waals surface area contributed by atoms with Crippen LogP contribution >= 0.6 is 23.4 Å². The molecule has 0 amide bonds. The largest absolute Gasteiger partial charge is 0.374 e. The molecule has 2 heterocycles. The van der Waals surface area contributed by atoms with E-state index >= 15 is 0 Å². The molecule has 1 aliphatic heterocycles. The molecule has 1 aliphatic rings. The predicted molar refractivity (Wildman–Crippen MR) is 217 cm³/mol. The van der Waals surface area contributed by atoms with Crippen LogP contribution in [0.1, 0.15) is 45.2 Å². The van der Waals surface area contributed by atoms with Crippen LogP contribution in [-0.4, -0.2) is 47.5 Å². The lowest BCUT2D eigenvalue weighted by Crippen LogP contribution is -2.58. The van der Waals surface area contributed by atoms with Crippen molar-refractivity contribution < 1.29 is 23.7 Å². The number of hydrogen-bond donors (Lipinski definition) is 0. The van der Waals surface area contributed by atoms with Crippen molar-refractivity contribution >= 4 is 23.4 Å². The van der Waals surface area contributed by atoms with Crippen LogP contribution in [0.5, 0.6) is 0 Å². The summed E-state index contributed by atoms with van der Waals surface area (Å²) in [6.07, 6.45) is -0.194. The second-order valence-corrected chi connectivity index (χ2v) is 14.7. The van der Waals surface area contributed by atoms with E-state index in [-0.39, 0.29) is 6.61 Å². The zero-order valence-corrected chi connectivity index (χ0v) is 32.4. The Morgan fingerprint density at radius 2 is 1.11 bits per heavy atom. The van der Waals surface area contributed by atoms with Gasteiger partial charge in [-0.2, -0.15) is 5.10 Å². The third-order valence-electron chi connectivity index (χ3n) is 9.56. The molecule has 5 aromatic carbocycles. The molecule has 0 saturated carbocycles. The molecular weight excluding hydrogens is 728 g/mol. The lowest BCUT2D eigenvalue weighted by atomic mass is 9.89. The van der Waals surface area contributed by atoms with Gasteiger partial charge in [0, 0.05) is 11.4 Å². The van der Waals surface area contributed by atoms with Crippen molar-refractivity contribution in [3.63, 3.8) is 0 Å². The highest BCUT2D eigenvalue weighted by atomic mass is 35.5. The number of benzene rings is 5. The van der Waals surface area contributed by atoms with Crippen LogP contribution in [0.2, 0.25) is 5.02 Å². The second-order valence-electron chi connectivity index (χ2n) is 13.5. The third kappa shape index (κ3) is 10.9. The van der Waals surface area contributed by atoms with Crippen LogP contribution < -0.4 is 0 Å². The molecule has 1 aromatic heterocycles. The molecule has 0 bridgehead atoms. The standard InChI is InChI=1S/C46H45ClN2O5S/c1-55-42-25-23-39(48-49-42)27-38-26-37(22-24-40(38)47)43-45(52-30-35-18-10-4-11-19-35)46(53-31-36-20-12-5-13-21-36)44(51-29-34-16-8-3-9-17-34)41(54-43)32-50-28-33-14-6-2-7-15-33/h2-26,41,43-46H,27-32H2,1H3/t41-,43+,44-,45+,46+/m1/s1. The fraction of sp³-hybridized carbons (Fsp3) is 0.261. The Kier molecular flexibility index (Phi) is 14.1. The fourth-order valence-corrected chi connectivity index (χ4v) is 7.22. The van der Waals surface area contributed by atoms with E-state index in [9.17, 15) is 0 Å². The first-order chi connectivity index (χ1) is 27.1. The van der Waals surface area contributed by atoms with Gasteiger partial charge >= 0.3 is 0 Å². The minimum Gasteiger partial charge on any atom is -0.374 e. The summed E-state index contributed by atoms with van der Waals surface area (Å²) in [5, 5.41) is 10.3. The van der Waals surface area contributed by atoms with E-state index < -0.39 is 30.5 Å². The first-order valence-corrected chi connectivity index (χ1v) is 20.1. The van der Waals surface area contributed by atoms with Gasteiger partial charge in [0.05, 0.1) is 38.7 Å². The van der Waals surface area contributed by atoms with Crippen LogP contribution in [0, 0.1) is 0 Å². The molecule has 7 rings (SSSR count). The molecule has 0 aliphatic carbocycles. The molecule has 0 N–H and O–H groups in total.